The molecular weight excluding hydrogens is 347 g/mol. The van der Waals surface area contributed by atoms with Crippen LogP contribution < -0.4 is 10.2 Å². The molecule has 1 aliphatic rings. The molecule has 3 N–H and O–H groups in total. The van der Waals surface area contributed by atoms with Crippen LogP contribution >= 0.6 is 6.57 Å². The molecule has 5 heteroatoms. The average Bonchev–Trinajstić information content (AvgIpc) is 2.73. The van der Waals surface area contributed by atoms with E-state index < -0.39 is 6.57 Å². The summed E-state index contributed by atoms with van der Waals surface area (Å²) < 4.78 is 0. The summed E-state index contributed by atoms with van der Waals surface area (Å²) in [7, 11) is 0. The van der Waals surface area contributed by atoms with E-state index in [-0.39, 0.29) is 0 Å². The largest absolute Gasteiger partial charge is 0.334 e. The molecule has 0 aliphatic carbocycles. The topological polar surface area (TPSA) is 44.3 Å². The molecule has 1 aliphatic heterocycles. The van der Waals surface area contributed by atoms with E-state index in [1.54, 1.807) is 0 Å². The minimum Gasteiger partial charge on any atom is -0.334 e. The van der Waals surface area contributed by atoms with Crippen molar-refractivity contribution < 1.29 is 4.89 Å². The van der Waals surface area contributed by atoms with E-state index >= 15 is 0 Å². The van der Waals surface area contributed by atoms with Crippen LogP contribution in [0, 0.1) is 0 Å². The van der Waals surface area contributed by atoms with Crippen LogP contribution in [0.1, 0.15) is 0 Å². The first-order valence-electron chi connectivity index (χ1n) is 8.06. The number of fused-ring (bicyclic) bond motifs is 7. The van der Waals surface area contributed by atoms with Crippen molar-refractivity contribution in [3.63, 3.8) is 0 Å². The first kappa shape index (κ1) is 14.9. The zero-order valence-corrected chi connectivity index (χ0v) is 14.9. The molecular formula is C20H15N2OPS. The van der Waals surface area contributed by atoms with Crippen LogP contribution in [-0.2, 0) is 11.8 Å². The van der Waals surface area contributed by atoms with Crippen molar-refractivity contribution in [1.82, 2.24) is 0 Å². The summed E-state index contributed by atoms with van der Waals surface area (Å²) in [5.41, 5.74) is 3.90. The van der Waals surface area contributed by atoms with Crippen molar-refractivity contribution in [2.45, 2.75) is 0 Å². The fraction of sp³-hybridized carbons (Fsp3) is 0. The third-order valence-electron chi connectivity index (χ3n) is 4.65. The van der Waals surface area contributed by atoms with Gasteiger partial charge in [-0.25, -0.2) is 0 Å². The van der Waals surface area contributed by atoms with E-state index in [9.17, 15) is 4.89 Å². The number of anilines is 2. The lowest BCUT2D eigenvalue weighted by atomic mass is 9.91. The molecule has 0 unspecified atom stereocenters. The SMILES string of the molecule is OP1(=S)Nc2ccc3ccccc3c2-c2c(ccc3ccccc23)N1. The first-order valence-corrected chi connectivity index (χ1v) is 10.8. The first-order chi connectivity index (χ1) is 12.1. The highest BCUT2D eigenvalue weighted by Gasteiger charge is 2.25. The molecule has 0 saturated heterocycles. The fourth-order valence-electron chi connectivity index (χ4n) is 3.62. The minimum atomic E-state index is -2.92. The second-order valence-corrected chi connectivity index (χ2v) is 9.40. The van der Waals surface area contributed by atoms with Crippen molar-refractivity contribution in [3.05, 3.63) is 72.8 Å². The summed E-state index contributed by atoms with van der Waals surface area (Å²) in [6, 6.07) is 24.7. The van der Waals surface area contributed by atoms with Gasteiger partial charge in [0.25, 0.3) is 0 Å². The van der Waals surface area contributed by atoms with E-state index in [1.807, 2.05) is 36.4 Å². The van der Waals surface area contributed by atoms with Gasteiger partial charge in [0.15, 0.2) is 0 Å². The van der Waals surface area contributed by atoms with Gasteiger partial charge in [-0.1, -0.05) is 60.7 Å². The maximum absolute atomic E-state index is 10.7. The molecule has 0 atom stereocenters. The Bertz CT molecular complexity index is 1110. The Hall–Kier alpha value is -2.39. The molecule has 25 heavy (non-hydrogen) atoms. The Balaban J connectivity index is 2.02. The van der Waals surface area contributed by atoms with Crippen LogP contribution in [-0.4, -0.2) is 4.89 Å². The third kappa shape index (κ3) is 2.34. The Morgan fingerprint density at radius 1 is 0.640 bits per heavy atom. The zero-order chi connectivity index (χ0) is 17.0. The quantitative estimate of drug-likeness (QED) is 0.350. The molecule has 0 bridgehead atoms. The van der Waals surface area contributed by atoms with Gasteiger partial charge in [0.1, 0.15) is 0 Å². The van der Waals surface area contributed by atoms with Gasteiger partial charge in [-0.15, -0.1) is 0 Å². The smallest absolute Gasteiger partial charge is 0.246 e. The highest BCUT2D eigenvalue weighted by molar-refractivity contribution is 8.13. The highest BCUT2D eigenvalue weighted by Crippen LogP contribution is 2.53. The molecule has 0 fully saturated rings. The molecule has 0 radical (unpaired) electrons. The van der Waals surface area contributed by atoms with E-state index in [1.165, 1.54) is 0 Å². The molecule has 0 amide bonds. The summed E-state index contributed by atoms with van der Waals surface area (Å²) in [5.74, 6) is 0. The second kappa shape index (κ2) is 5.30. The van der Waals surface area contributed by atoms with Crippen molar-refractivity contribution in [2.24, 2.45) is 0 Å². The molecule has 122 valence electrons. The fourth-order valence-corrected chi connectivity index (χ4v) is 5.29. The van der Waals surface area contributed by atoms with Crippen LogP contribution in [0.3, 0.4) is 0 Å². The Labute approximate surface area is 150 Å². The van der Waals surface area contributed by atoms with Gasteiger partial charge < -0.3 is 15.1 Å². The van der Waals surface area contributed by atoms with Crippen LogP contribution in [0.4, 0.5) is 11.4 Å². The highest BCUT2D eigenvalue weighted by atomic mass is 32.4. The lowest BCUT2D eigenvalue weighted by Crippen LogP contribution is -2.02. The van der Waals surface area contributed by atoms with Crippen molar-refractivity contribution >= 4 is 51.3 Å². The lowest BCUT2D eigenvalue weighted by molar-refractivity contribution is 0.633. The summed E-state index contributed by atoms with van der Waals surface area (Å²) >= 11 is 5.42. The molecule has 4 aromatic rings. The summed E-state index contributed by atoms with van der Waals surface area (Å²) in [5, 5.41) is 11.0. The van der Waals surface area contributed by atoms with Crippen LogP contribution in [0.2, 0.25) is 0 Å². The molecule has 0 spiro atoms. The number of nitrogens with one attached hydrogen (secondary N) is 2. The molecule has 4 aromatic carbocycles. The second-order valence-electron chi connectivity index (χ2n) is 6.22. The summed E-state index contributed by atoms with van der Waals surface area (Å²) in [4.78, 5) is 10.7. The Kier molecular flexibility index (Phi) is 3.16. The number of hydrogen-bond donors (Lipinski definition) is 3. The maximum Gasteiger partial charge on any atom is 0.246 e. The van der Waals surface area contributed by atoms with Gasteiger partial charge in [0.2, 0.25) is 6.57 Å². The standard InChI is InChI=1S/C20H15N2OPS/c23-24(25)21-17-11-9-13-5-1-3-7-15(13)19(17)20-16-8-4-2-6-14(16)10-12-18(20)22-24/h1-12H,(H3,21,22,23,25). The van der Waals surface area contributed by atoms with Crippen LogP contribution in [0.15, 0.2) is 72.8 Å². The number of rotatable bonds is 0. The van der Waals surface area contributed by atoms with E-state index in [0.29, 0.717) is 0 Å². The molecule has 0 aromatic heterocycles. The molecule has 3 nitrogen and oxygen atoms in total. The van der Waals surface area contributed by atoms with Crippen LogP contribution in [0.25, 0.3) is 32.7 Å². The maximum atomic E-state index is 10.7. The molecule has 1 heterocycles. The Morgan fingerprint density at radius 2 is 1.08 bits per heavy atom. The zero-order valence-electron chi connectivity index (χ0n) is 13.2. The lowest BCUT2D eigenvalue weighted by Gasteiger charge is -2.18. The van der Waals surface area contributed by atoms with Crippen molar-refractivity contribution in [3.8, 4) is 11.1 Å². The van der Waals surface area contributed by atoms with Gasteiger partial charge in [-0.05, 0) is 45.5 Å². The van der Waals surface area contributed by atoms with Gasteiger partial charge >= 0.3 is 0 Å². The summed E-state index contributed by atoms with van der Waals surface area (Å²) in [6.45, 7) is -2.92. The number of benzene rings is 4. The number of hydrogen-bond acceptors (Lipinski definition) is 1. The van der Waals surface area contributed by atoms with Gasteiger partial charge in [0.05, 0.1) is 0 Å². The molecule has 0 saturated carbocycles. The van der Waals surface area contributed by atoms with Crippen molar-refractivity contribution in [2.75, 3.05) is 10.2 Å². The van der Waals surface area contributed by atoms with Crippen LogP contribution in [0.5, 0.6) is 0 Å². The summed E-state index contributed by atoms with van der Waals surface area (Å²) in [6.07, 6.45) is 0. The van der Waals surface area contributed by atoms with Gasteiger partial charge in [-0.2, -0.15) is 0 Å². The Morgan fingerprint density at radius 3 is 1.56 bits per heavy atom. The molecule has 5 rings (SSSR count). The van der Waals surface area contributed by atoms with E-state index in [4.69, 9.17) is 11.8 Å². The average molecular weight is 362 g/mol. The monoisotopic (exact) mass is 362 g/mol. The van der Waals surface area contributed by atoms with Crippen molar-refractivity contribution in [1.29, 1.82) is 0 Å². The minimum absolute atomic E-state index is 0.868. The van der Waals surface area contributed by atoms with E-state index in [2.05, 4.69) is 46.6 Å². The predicted molar refractivity (Wildman–Crippen MR) is 111 cm³/mol. The predicted octanol–water partition coefficient (Wildman–Crippen LogP) is 5.71. The van der Waals surface area contributed by atoms with Gasteiger partial charge in [0, 0.05) is 22.5 Å². The normalized spacial score (nSPS) is 14.9. The van der Waals surface area contributed by atoms with E-state index in [0.717, 1.165) is 44.0 Å². The third-order valence-corrected chi connectivity index (χ3v) is 6.29. The van der Waals surface area contributed by atoms with Gasteiger partial charge in [-0.3, -0.25) is 0 Å².